The highest BCUT2D eigenvalue weighted by atomic mass is 32.1. The number of likely N-dealkylation sites (tertiary alicyclic amines) is 2. The molecule has 0 spiro atoms. The lowest BCUT2D eigenvalue weighted by Crippen LogP contribution is -2.50. The first kappa shape index (κ1) is 16.5. The van der Waals surface area contributed by atoms with Crippen molar-refractivity contribution < 1.29 is 9.59 Å². The molecule has 2 fully saturated rings. The molecule has 1 aromatic rings. The van der Waals surface area contributed by atoms with E-state index in [4.69, 9.17) is 0 Å². The summed E-state index contributed by atoms with van der Waals surface area (Å²) in [7, 11) is 1.70. The van der Waals surface area contributed by atoms with Crippen LogP contribution in [0.5, 0.6) is 0 Å². The van der Waals surface area contributed by atoms with Crippen LogP contribution in [0.1, 0.15) is 25.8 Å². The summed E-state index contributed by atoms with van der Waals surface area (Å²) in [6.07, 6.45) is 1.34. The van der Waals surface area contributed by atoms with Gasteiger partial charge in [-0.1, -0.05) is 0 Å². The maximum Gasteiger partial charge on any atom is 0.237 e. The smallest absolute Gasteiger partial charge is 0.237 e. The van der Waals surface area contributed by atoms with E-state index in [1.165, 1.54) is 0 Å². The monoisotopic (exact) mass is 335 g/mol. The van der Waals surface area contributed by atoms with Gasteiger partial charge in [-0.15, -0.1) is 0 Å². The summed E-state index contributed by atoms with van der Waals surface area (Å²) in [5, 5.41) is 6.83. The van der Waals surface area contributed by atoms with Gasteiger partial charge >= 0.3 is 0 Å². The van der Waals surface area contributed by atoms with E-state index in [2.05, 4.69) is 24.1 Å². The molecule has 23 heavy (non-hydrogen) atoms. The maximum absolute atomic E-state index is 12.5. The van der Waals surface area contributed by atoms with E-state index in [0.29, 0.717) is 24.4 Å². The van der Waals surface area contributed by atoms with Crippen molar-refractivity contribution in [2.75, 3.05) is 20.1 Å². The van der Waals surface area contributed by atoms with Crippen molar-refractivity contribution in [3.8, 4) is 0 Å². The second kappa shape index (κ2) is 6.61. The lowest BCUT2D eigenvalue weighted by atomic mass is 10.0. The Balaban J connectivity index is 1.67. The summed E-state index contributed by atoms with van der Waals surface area (Å²) in [6.45, 7) is 5.80. The third kappa shape index (κ3) is 3.15. The quantitative estimate of drug-likeness (QED) is 0.904. The Bertz CT molecular complexity index is 572. The van der Waals surface area contributed by atoms with Crippen LogP contribution in [0.4, 0.5) is 0 Å². The number of nitrogens with one attached hydrogen (secondary N) is 1. The van der Waals surface area contributed by atoms with E-state index >= 15 is 0 Å². The van der Waals surface area contributed by atoms with Crippen molar-refractivity contribution in [2.45, 2.75) is 44.8 Å². The zero-order valence-electron chi connectivity index (χ0n) is 14.0. The van der Waals surface area contributed by atoms with Gasteiger partial charge < -0.3 is 10.2 Å². The van der Waals surface area contributed by atoms with E-state index in [9.17, 15) is 9.59 Å². The molecule has 0 saturated carbocycles. The molecule has 0 aliphatic carbocycles. The lowest BCUT2D eigenvalue weighted by molar-refractivity contribution is -0.130. The van der Waals surface area contributed by atoms with Crippen LogP contribution in [0, 0.1) is 5.92 Å². The van der Waals surface area contributed by atoms with Crippen LogP contribution >= 0.6 is 11.3 Å². The normalized spacial score (nSPS) is 27.5. The highest BCUT2D eigenvalue weighted by Gasteiger charge is 2.50. The van der Waals surface area contributed by atoms with E-state index in [-0.39, 0.29) is 17.9 Å². The van der Waals surface area contributed by atoms with Gasteiger partial charge in [0.25, 0.3) is 0 Å². The fraction of sp³-hybridized carbons (Fsp3) is 0.647. The molecule has 0 radical (unpaired) electrons. The van der Waals surface area contributed by atoms with Crippen molar-refractivity contribution in [3.63, 3.8) is 0 Å². The average molecular weight is 335 g/mol. The number of hydrogen-bond acceptors (Lipinski definition) is 4. The first-order valence-corrected chi connectivity index (χ1v) is 9.23. The number of amides is 2. The molecule has 2 unspecified atom stereocenters. The van der Waals surface area contributed by atoms with Gasteiger partial charge in [0.2, 0.25) is 11.8 Å². The van der Waals surface area contributed by atoms with E-state index in [0.717, 1.165) is 25.1 Å². The summed E-state index contributed by atoms with van der Waals surface area (Å²) in [6, 6.07) is 2.58. The van der Waals surface area contributed by atoms with Crippen LogP contribution in [0.15, 0.2) is 16.8 Å². The Morgan fingerprint density at radius 2 is 2.17 bits per heavy atom. The van der Waals surface area contributed by atoms with Crippen LogP contribution in [0.2, 0.25) is 0 Å². The number of nitrogens with zero attached hydrogens (tertiary/aromatic N) is 2. The molecule has 2 saturated heterocycles. The summed E-state index contributed by atoms with van der Waals surface area (Å²) in [5.74, 6) is 0.716. The Hall–Kier alpha value is -1.40. The molecule has 5 nitrogen and oxygen atoms in total. The molecule has 3 rings (SSSR count). The highest BCUT2D eigenvalue weighted by Crippen LogP contribution is 2.37. The van der Waals surface area contributed by atoms with Gasteiger partial charge in [-0.2, -0.15) is 11.3 Å². The maximum atomic E-state index is 12.5. The van der Waals surface area contributed by atoms with Crippen LogP contribution in [0.3, 0.4) is 0 Å². The Labute approximate surface area is 141 Å². The Kier molecular flexibility index (Phi) is 4.73. The Morgan fingerprint density at radius 1 is 1.39 bits per heavy atom. The topological polar surface area (TPSA) is 52.7 Å². The van der Waals surface area contributed by atoms with Gasteiger partial charge in [0.15, 0.2) is 0 Å². The van der Waals surface area contributed by atoms with Crippen LogP contribution in [-0.4, -0.2) is 59.9 Å². The summed E-state index contributed by atoms with van der Waals surface area (Å²) in [5.41, 5.74) is 1.10. The standard InChI is InChI=1S/C17H25N3O2S/c1-11(2)20-14(17(22)18-3)7-13-8-19(9-15(13)20)16(21)6-12-4-5-23-10-12/h4-5,10-11,13-15H,6-9H2,1-3H3,(H,18,22)/t13?,14-,15?/m1/s1. The molecule has 2 aliphatic rings. The molecule has 3 atom stereocenters. The van der Waals surface area contributed by atoms with Gasteiger partial charge in [0.1, 0.15) is 0 Å². The van der Waals surface area contributed by atoms with Gasteiger partial charge in [0.05, 0.1) is 12.5 Å². The van der Waals surface area contributed by atoms with Crippen LogP contribution in [-0.2, 0) is 16.0 Å². The fourth-order valence-electron chi connectivity index (χ4n) is 4.10. The van der Waals surface area contributed by atoms with Gasteiger partial charge in [-0.25, -0.2) is 0 Å². The van der Waals surface area contributed by atoms with Crippen molar-refractivity contribution in [3.05, 3.63) is 22.4 Å². The second-order valence-corrected chi connectivity index (χ2v) is 7.62. The summed E-state index contributed by atoms with van der Waals surface area (Å²) >= 11 is 1.63. The predicted octanol–water partition coefficient (Wildman–Crippen LogP) is 1.35. The van der Waals surface area contributed by atoms with E-state index in [1.54, 1.807) is 18.4 Å². The molecule has 126 valence electrons. The molecule has 1 aromatic heterocycles. The number of likely N-dealkylation sites (N-methyl/N-ethyl adjacent to an activating group) is 1. The number of carbonyl (C=O) groups excluding carboxylic acids is 2. The first-order valence-electron chi connectivity index (χ1n) is 8.29. The fourth-order valence-corrected chi connectivity index (χ4v) is 4.77. The SMILES string of the molecule is CNC(=O)[C@H]1CC2CN(C(=O)Cc3ccsc3)CC2N1C(C)C. The van der Waals surface area contributed by atoms with Crippen LogP contribution in [0.25, 0.3) is 0 Å². The number of hydrogen-bond donors (Lipinski definition) is 1. The third-order valence-electron chi connectivity index (χ3n) is 5.11. The summed E-state index contributed by atoms with van der Waals surface area (Å²) in [4.78, 5) is 29.0. The van der Waals surface area contributed by atoms with Crippen molar-refractivity contribution in [2.24, 2.45) is 5.92 Å². The molecular formula is C17H25N3O2S. The number of carbonyl (C=O) groups is 2. The molecule has 6 heteroatoms. The molecule has 3 heterocycles. The number of fused-ring (bicyclic) bond motifs is 1. The minimum Gasteiger partial charge on any atom is -0.358 e. The zero-order chi connectivity index (χ0) is 16.6. The molecule has 2 aliphatic heterocycles. The van der Waals surface area contributed by atoms with Gasteiger partial charge in [0, 0.05) is 32.2 Å². The first-order chi connectivity index (χ1) is 11.0. The highest BCUT2D eigenvalue weighted by molar-refractivity contribution is 7.08. The minimum atomic E-state index is -0.0517. The minimum absolute atomic E-state index is 0.0517. The van der Waals surface area contributed by atoms with Crippen molar-refractivity contribution >= 4 is 23.2 Å². The largest absolute Gasteiger partial charge is 0.358 e. The zero-order valence-corrected chi connectivity index (χ0v) is 14.8. The van der Waals surface area contributed by atoms with Gasteiger partial charge in [-0.3, -0.25) is 14.5 Å². The van der Waals surface area contributed by atoms with E-state index in [1.807, 2.05) is 21.7 Å². The molecule has 1 N–H and O–H groups in total. The predicted molar refractivity (Wildman–Crippen MR) is 91.3 cm³/mol. The van der Waals surface area contributed by atoms with Crippen LogP contribution < -0.4 is 5.32 Å². The lowest BCUT2D eigenvalue weighted by Gasteiger charge is -2.33. The van der Waals surface area contributed by atoms with E-state index < -0.39 is 0 Å². The number of thiophene rings is 1. The van der Waals surface area contributed by atoms with Crippen molar-refractivity contribution in [1.29, 1.82) is 0 Å². The second-order valence-electron chi connectivity index (χ2n) is 6.84. The van der Waals surface area contributed by atoms with Gasteiger partial charge in [-0.05, 0) is 48.6 Å². The molecule has 0 aromatic carbocycles. The summed E-state index contributed by atoms with van der Waals surface area (Å²) < 4.78 is 0. The molecular weight excluding hydrogens is 310 g/mol. The number of rotatable bonds is 4. The Morgan fingerprint density at radius 3 is 2.78 bits per heavy atom. The average Bonchev–Trinajstić information content (AvgIpc) is 3.20. The molecule has 2 amide bonds. The van der Waals surface area contributed by atoms with Crippen molar-refractivity contribution in [1.82, 2.24) is 15.1 Å². The molecule has 0 bridgehead atoms. The third-order valence-corrected chi connectivity index (χ3v) is 5.84.